The molecule has 1 aliphatic rings. The highest BCUT2D eigenvalue weighted by Crippen LogP contribution is 2.31. The molecule has 4 N–H and O–H groups in total. The molecule has 0 bridgehead atoms. The first-order valence-electron chi connectivity index (χ1n) is 6.40. The highest BCUT2D eigenvalue weighted by Gasteiger charge is 2.28. The molecule has 1 aromatic heterocycles. The number of anilines is 1. The summed E-state index contributed by atoms with van der Waals surface area (Å²) in [5.74, 6) is -0.341. The van der Waals surface area contributed by atoms with Gasteiger partial charge in [-0.1, -0.05) is 0 Å². The summed E-state index contributed by atoms with van der Waals surface area (Å²) in [5, 5.41) is 6.12. The van der Waals surface area contributed by atoms with E-state index in [9.17, 15) is 9.59 Å². The number of hydrogen-bond acceptors (Lipinski definition) is 4. The number of thiophene rings is 1. The molecule has 5 nitrogen and oxygen atoms in total. The Labute approximate surface area is 116 Å². The van der Waals surface area contributed by atoms with Gasteiger partial charge in [-0.25, -0.2) is 0 Å². The number of carbonyl (C=O) groups is 2. The molecule has 1 aromatic rings. The van der Waals surface area contributed by atoms with Gasteiger partial charge in [-0.15, -0.1) is 11.3 Å². The molecular weight excluding hydrogens is 262 g/mol. The number of amides is 2. The van der Waals surface area contributed by atoms with Crippen LogP contribution in [0.2, 0.25) is 0 Å². The number of nitrogen functional groups attached to an aromatic ring is 1. The summed E-state index contributed by atoms with van der Waals surface area (Å²) >= 11 is 1.18. The van der Waals surface area contributed by atoms with Crippen LogP contribution in [0.3, 0.4) is 0 Å². The second-order valence-electron chi connectivity index (χ2n) is 5.17. The molecule has 104 valence electrons. The van der Waals surface area contributed by atoms with Gasteiger partial charge in [-0.2, -0.15) is 0 Å². The van der Waals surface area contributed by atoms with Gasteiger partial charge in [0.2, 0.25) is 0 Å². The summed E-state index contributed by atoms with van der Waals surface area (Å²) in [7, 11) is 0. The topological polar surface area (TPSA) is 84.2 Å². The normalized spacial score (nSPS) is 14.5. The molecule has 1 saturated carbocycles. The van der Waals surface area contributed by atoms with Crippen LogP contribution < -0.4 is 16.4 Å². The summed E-state index contributed by atoms with van der Waals surface area (Å²) in [4.78, 5) is 24.6. The molecular formula is C13H19N3O2S. The zero-order chi connectivity index (χ0) is 14.2. The second-order valence-corrected chi connectivity index (χ2v) is 6.22. The maximum atomic E-state index is 12.1. The standard InChI is InChI=1S/C13H19N3O2S/c1-6(2)15-12(17)9-7(3)10(19-11(9)14)13(18)16-8-4-5-8/h6,8H,4-5,14H2,1-3H3,(H,15,17)(H,16,18). The van der Waals surface area contributed by atoms with Crippen LogP contribution in [0.15, 0.2) is 0 Å². The second kappa shape index (κ2) is 5.21. The smallest absolute Gasteiger partial charge is 0.261 e. The van der Waals surface area contributed by atoms with E-state index in [1.165, 1.54) is 11.3 Å². The predicted molar refractivity (Wildman–Crippen MR) is 76.6 cm³/mol. The number of rotatable bonds is 4. The molecule has 2 rings (SSSR count). The summed E-state index contributed by atoms with van der Waals surface area (Å²) in [6.45, 7) is 5.54. The first kappa shape index (κ1) is 13.9. The fourth-order valence-electron chi connectivity index (χ4n) is 1.85. The third kappa shape index (κ3) is 3.07. The Bertz CT molecular complexity index is 518. The minimum atomic E-state index is -0.216. The third-order valence-corrected chi connectivity index (χ3v) is 4.06. The number of nitrogens with two attached hydrogens (primary N) is 1. The quantitative estimate of drug-likeness (QED) is 0.785. The Kier molecular flexibility index (Phi) is 3.80. The van der Waals surface area contributed by atoms with Gasteiger partial charge in [0.25, 0.3) is 11.8 Å². The summed E-state index contributed by atoms with van der Waals surface area (Å²) in [5.41, 5.74) is 6.98. The van der Waals surface area contributed by atoms with Crippen LogP contribution in [0.4, 0.5) is 5.00 Å². The lowest BCUT2D eigenvalue weighted by atomic mass is 10.1. The molecule has 0 spiro atoms. The van der Waals surface area contributed by atoms with Gasteiger partial charge in [-0.3, -0.25) is 9.59 Å². The molecule has 0 radical (unpaired) electrons. The lowest BCUT2D eigenvalue weighted by Gasteiger charge is -2.08. The van der Waals surface area contributed by atoms with Crippen LogP contribution in [-0.4, -0.2) is 23.9 Å². The average molecular weight is 281 g/mol. The fraction of sp³-hybridized carbons (Fsp3) is 0.538. The van der Waals surface area contributed by atoms with Crippen LogP contribution in [-0.2, 0) is 0 Å². The van der Waals surface area contributed by atoms with Crippen molar-refractivity contribution in [3.05, 3.63) is 16.0 Å². The number of carbonyl (C=O) groups excluding carboxylic acids is 2. The van der Waals surface area contributed by atoms with E-state index < -0.39 is 0 Å². The van der Waals surface area contributed by atoms with Gasteiger partial charge in [0.05, 0.1) is 15.4 Å². The monoisotopic (exact) mass is 281 g/mol. The Morgan fingerprint density at radius 1 is 1.32 bits per heavy atom. The van der Waals surface area contributed by atoms with Crippen LogP contribution >= 0.6 is 11.3 Å². The van der Waals surface area contributed by atoms with Crippen LogP contribution in [0.1, 0.15) is 52.3 Å². The van der Waals surface area contributed by atoms with Gasteiger partial charge in [0.1, 0.15) is 0 Å². The largest absolute Gasteiger partial charge is 0.390 e. The van der Waals surface area contributed by atoms with Gasteiger partial charge >= 0.3 is 0 Å². The van der Waals surface area contributed by atoms with E-state index in [1.54, 1.807) is 6.92 Å². The van der Waals surface area contributed by atoms with Crippen molar-refractivity contribution in [3.8, 4) is 0 Å². The first-order chi connectivity index (χ1) is 8.90. The Balaban J connectivity index is 2.22. The summed E-state index contributed by atoms with van der Waals surface area (Å²) in [6.07, 6.45) is 2.07. The van der Waals surface area contributed by atoms with Crippen molar-refractivity contribution in [2.24, 2.45) is 0 Å². The molecule has 0 atom stereocenters. The molecule has 1 fully saturated rings. The lowest BCUT2D eigenvalue weighted by Crippen LogP contribution is -2.31. The maximum Gasteiger partial charge on any atom is 0.261 e. The van der Waals surface area contributed by atoms with Gasteiger partial charge in [-0.05, 0) is 39.2 Å². The molecule has 0 unspecified atom stereocenters. The third-order valence-electron chi connectivity index (χ3n) is 2.94. The Morgan fingerprint density at radius 2 is 1.95 bits per heavy atom. The fourth-order valence-corrected chi connectivity index (χ4v) is 2.82. The van der Waals surface area contributed by atoms with E-state index in [0.29, 0.717) is 27.0 Å². The minimum Gasteiger partial charge on any atom is -0.390 e. The van der Waals surface area contributed by atoms with E-state index in [1.807, 2.05) is 13.8 Å². The summed E-state index contributed by atoms with van der Waals surface area (Å²) in [6, 6.07) is 0.332. The summed E-state index contributed by atoms with van der Waals surface area (Å²) < 4.78 is 0. The highest BCUT2D eigenvalue weighted by atomic mass is 32.1. The Morgan fingerprint density at radius 3 is 2.47 bits per heavy atom. The molecule has 1 aliphatic carbocycles. The van der Waals surface area contributed by atoms with Gasteiger partial charge < -0.3 is 16.4 Å². The van der Waals surface area contributed by atoms with Gasteiger partial charge in [0, 0.05) is 12.1 Å². The number of hydrogen-bond donors (Lipinski definition) is 3. The van der Waals surface area contributed by atoms with E-state index in [0.717, 1.165) is 12.8 Å². The maximum absolute atomic E-state index is 12.1. The molecule has 0 saturated heterocycles. The van der Waals surface area contributed by atoms with E-state index in [-0.39, 0.29) is 17.9 Å². The van der Waals surface area contributed by atoms with Crippen LogP contribution in [0.5, 0.6) is 0 Å². The molecule has 2 amide bonds. The number of nitrogens with one attached hydrogen (secondary N) is 2. The first-order valence-corrected chi connectivity index (χ1v) is 7.22. The van der Waals surface area contributed by atoms with Gasteiger partial charge in [0.15, 0.2) is 0 Å². The molecule has 6 heteroatoms. The van der Waals surface area contributed by atoms with Crippen molar-refractivity contribution in [2.45, 2.75) is 45.7 Å². The van der Waals surface area contributed by atoms with Crippen molar-refractivity contribution < 1.29 is 9.59 Å². The highest BCUT2D eigenvalue weighted by molar-refractivity contribution is 7.18. The van der Waals surface area contributed by atoms with E-state index in [4.69, 9.17) is 5.73 Å². The van der Waals surface area contributed by atoms with Crippen molar-refractivity contribution in [2.75, 3.05) is 5.73 Å². The minimum absolute atomic E-state index is 0.0370. The van der Waals surface area contributed by atoms with E-state index in [2.05, 4.69) is 10.6 Å². The van der Waals surface area contributed by atoms with Crippen molar-refractivity contribution in [1.29, 1.82) is 0 Å². The van der Waals surface area contributed by atoms with E-state index >= 15 is 0 Å². The van der Waals surface area contributed by atoms with Crippen LogP contribution in [0, 0.1) is 6.92 Å². The zero-order valence-corrected chi connectivity index (χ0v) is 12.2. The lowest BCUT2D eigenvalue weighted by molar-refractivity contribution is 0.0943. The zero-order valence-electron chi connectivity index (χ0n) is 11.4. The molecule has 0 aliphatic heterocycles. The predicted octanol–water partition coefficient (Wildman–Crippen LogP) is 1.67. The molecule has 1 heterocycles. The van der Waals surface area contributed by atoms with Crippen molar-refractivity contribution >= 4 is 28.2 Å². The van der Waals surface area contributed by atoms with Crippen molar-refractivity contribution in [3.63, 3.8) is 0 Å². The SMILES string of the molecule is Cc1c(C(=O)NC2CC2)sc(N)c1C(=O)NC(C)C. The molecule has 19 heavy (non-hydrogen) atoms. The molecule has 0 aromatic carbocycles. The average Bonchev–Trinajstić information content (AvgIpc) is 3.03. The van der Waals surface area contributed by atoms with Crippen LogP contribution in [0.25, 0.3) is 0 Å². The Hall–Kier alpha value is -1.56. The van der Waals surface area contributed by atoms with Crippen molar-refractivity contribution in [1.82, 2.24) is 10.6 Å².